The fourth-order valence-corrected chi connectivity index (χ4v) is 2.59. The van der Waals surface area contributed by atoms with Gasteiger partial charge >= 0.3 is 0 Å². The van der Waals surface area contributed by atoms with Crippen molar-refractivity contribution < 1.29 is 0 Å². The summed E-state index contributed by atoms with van der Waals surface area (Å²) in [6.45, 7) is 3.36. The average Bonchev–Trinajstić information content (AvgIpc) is 2.29. The molecule has 0 atom stereocenters. The second-order valence-electron chi connectivity index (χ2n) is 4.94. The molecular formula is C13H20ClN3. The lowest BCUT2D eigenvalue weighted by Crippen LogP contribution is -2.41. The van der Waals surface area contributed by atoms with Gasteiger partial charge in [0, 0.05) is 18.8 Å². The minimum Gasteiger partial charge on any atom is -0.306 e. The number of pyridine rings is 1. The molecule has 0 aromatic carbocycles. The highest BCUT2D eigenvalue weighted by Gasteiger charge is 2.20. The summed E-state index contributed by atoms with van der Waals surface area (Å²) in [6.07, 6.45) is 4.29. The molecule has 0 unspecified atom stereocenters. The van der Waals surface area contributed by atoms with Gasteiger partial charge in [0.25, 0.3) is 0 Å². The first-order chi connectivity index (χ1) is 8.15. The predicted molar refractivity (Wildman–Crippen MR) is 71.2 cm³/mol. The van der Waals surface area contributed by atoms with E-state index in [-0.39, 0.29) is 0 Å². The van der Waals surface area contributed by atoms with E-state index in [0.29, 0.717) is 11.2 Å². The van der Waals surface area contributed by atoms with Gasteiger partial charge < -0.3 is 4.90 Å². The SMILES string of the molecule is CN1CCC(N(C)Cc2ccnc(Cl)c2)CC1. The van der Waals surface area contributed by atoms with Crippen LogP contribution in [-0.4, -0.2) is 48.0 Å². The van der Waals surface area contributed by atoms with Gasteiger partial charge in [0.1, 0.15) is 5.15 Å². The second kappa shape index (κ2) is 5.80. The minimum absolute atomic E-state index is 0.583. The third kappa shape index (κ3) is 3.66. The molecule has 0 saturated carbocycles. The molecule has 0 aliphatic carbocycles. The first kappa shape index (κ1) is 12.8. The number of hydrogen-bond acceptors (Lipinski definition) is 3. The normalized spacial score (nSPS) is 18.8. The van der Waals surface area contributed by atoms with Gasteiger partial charge in [-0.05, 0) is 57.7 Å². The number of piperidine rings is 1. The van der Waals surface area contributed by atoms with Crippen molar-refractivity contribution in [3.8, 4) is 0 Å². The van der Waals surface area contributed by atoms with E-state index in [0.717, 1.165) is 6.54 Å². The molecule has 1 aromatic heterocycles. The maximum Gasteiger partial charge on any atom is 0.129 e. The van der Waals surface area contributed by atoms with E-state index in [1.165, 1.54) is 31.5 Å². The summed E-state index contributed by atoms with van der Waals surface area (Å²) >= 11 is 5.90. The van der Waals surface area contributed by atoms with Crippen molar-refractivity contribution in [2.45, 2.75) is 25.4 Å². The van der Waals surface area contributed by atoms with Crippen LogP contribution in [0.5, 0.6) is 0 Å². The van der Waals surface area contributed by atoms with Crippen molar-refractivity contribution in [1.82, 2.24) is 14.8 Å². The van der Waals surface area contributed by atoms with Gasteiger partial charge in [0.15, 0.2) is 0 Å². The van der Waals surface area contributed by atoms with Crippen molar-refractivity contribution in [2.75, 3.05) is 27.2 Å². The van der Waals surface area contributed by atoms with Crippen molar-refractivity contribution >= 4 is 11.6 Å². The molecule has 1 aliphatic heterocycles. The number of rotatable bonds is 3. The minimum atomic E-state index is 0.583. The maximum absolute atomic E-state index is 5.90. The monoisotopic (exact) mass is 253 g/mol. The first-order valence-electron chi connectivity index (χ1n) is 6.14. The largest absolute Gasteiger partial charge is 0.306 e. The molecule has 0 bridgehead atoms. The predicted octanol–water partition coefficient (Wildman–Crippen LogP) is 2.26. The molecule has 0 spiro atoms. The fourth-order valence-electron chi connectivity index (χ4n) is 2.39. The van der Waals surface area contributed by atoms with Crippen LogP contribution in [0.1, 0.15) is 18.4 Å². The van der Waals surface area contributed by atoms with Crippen LogP contribution in [0.25, 0.3) is 0 Å². The Balaban J connectivity index is 1.90. The van der Waals surface area contributed by atoms with Gasteiger partial charge in [0.05, 0.1) is 0 Å². The van der Waals surface area contributed by atoms with Crippen molar-refractivity contribution in [1.29, 1.82) is 0 Å². The smallest absolute Gasteiger partial charge is 0.129 e. The molecule has 0 amide bonds. The van der Waals surface area contributed by atoms with Crippen molar-refractivity contribution in [3.63, 3.8) is 0 Å². The number of halogens is 1. The fraction of sp³-hybridized carbons (Fsp3) is 0.615. The molecule has 1 aliphatic rings. The van der Waals surface area contributed by atoms with Crippen LogP contribution < -0.4 is 0 Å². The Labute approximate surface area is 108 Å². The number of hydrogen-bond donors (Lipinski definition) is 0. The van der Waals surface area contributed by atoms with Gasteiger partial charge in [-0.1, -0.05) is 11.6 Å². The third-order valence-corrected chi connectivity index (χ3v) is 3.74. The lowest BCUT2D eigenvalue weighted by molar-refractivity contribution is 0.139. The Kier molecular flexibility index (Phi) is 4.37. The van der Waals surface area contributed by atoms with Crippen LogP contribution in [-0.2, 0) is 6.54 Å². The van der Waals surface area contributed by atoms with E-state index < -0.39 is 0 Å². The summed E-state index contributed by atoms with van der Waals surface area (Å²) in [5.74, 6) is 0. The van der Waals surface area contributed by atoms with E-state index in [1.807, 2.05) is 12.1 Å². The van der Waals surface area contributed by atoms with Crippen LogP contribution in [0.4, 0.5) is 0 Å². The molecule has 4 heteroatoms. The quantitative estimate of drug-likeness (QED) is 0.771. The lowest BCUT2D eigenvalue weighted by atomic mass is 10.0. The van der Waals surface area contributed by atoms with E-state index in [4.69, 9.17) is 11.6 Å². The van der Waals surface area contributed by atoms with Gasteiger partial charge in [-0.2, -0.15) is 0 Å². The zero-order valence-corrected chi connectivity index (χ0v) is 11.3. The first-order valence-corrected chi connectivity index (χ1v) is 6.52. The van der Waals surface area contributed by atoms with Crippen molar-refractivity contribution in [2.24, 2.45) is 0 Å². The Morgan fingerprint density at radius 1 is 1.47 bits per heavy atom. The summed E-state index contributed by atoms with van der Waals surface area (Å²) in [4.78, 5) is 8.84. The highest BCUT2D eigenvalue weighted by molar-refractivity contribution is 6.29. The Morgan fingerprint density at radius 2 is 2.18 bits per heavy atom. The van der Waals surface area contributed by atoms with Crippen LogP contribution in [0.15, 0.2) is 18.3 Å². The van der Waals surface area contributed by atoms with E-state index in [2.05, 4.69) is 28.9 Å². The van der Waals surface area contributed by atoms with Crippen LogP contribution in [0, 0.1) is 0 Å². The number of nitrogens with zero attached hydrogens (tertiary/aromatic N) is 3. The summed E-state index contributed by atoms with van der Waals surface area (Å²) in [5, 5.41) is 0.583. The zero-order valence-electron chi connectivity index (χ0n) is 10.6. The third-order valence-electron chi connectivity index (χ3n) is 3.53. The van der Waals surface area contributed by atoms with Crippen LogP contribution >= 0.6 is 11.6 Å². The molecule has 0 N–H and O–H groups in total. The van der Waals surface area contributed by atoms with Gasteiger partial charge in [-0.15, -0.1) is 0 Å². The van der Waals surface area contributed by atoms with Crippen LogP contribution in [0.3, 0.4) is 0 Å². The molecular weight excluding hydrogens is 234 g/mol. The average molecular weight is 254 g/mol. The van der Waals surface area contributed by atoms with Crippen LogP contribution in [0.2, 0.25) is 5.15 Å². The molecule has 17 heavy (non-hydrogen) atoms. The summed E-state index contributed by atoms with van der Waals surface area (Å²) in [6, 6.07) is 4.68. The molecule has 0 radical (unpaired) electrons. The van der Waals surface area contributed by atoms with E-state index in [9.17, 15) is 0 Å². The number of aromatic nitrogens is 1. The van der Waals surface area contributed by atoms with Gasteiger partial charge in [-0.3, -0.25) is 4.90 Å². The molecule has 3 nitrogen and oxygen atoms in total. The van der Waals surface area contributed by atoms with E-state index in [1.54, 1.807) is 6.20 Å². The lowest BCUT2D eigenvalue weighted by Gasteiger charge is -2.35. The van der Waals surface area contributed by atoms with Crippen molar-refractivity contribution in [3.05, 3.63) is 29.0 Å². The zero-order chi connectivity index (χ0) is 12.3. The molecule has 2 rings (SSSR count). The second-order valence-corrected chi connectivity index (χ2v) is 5.32. The standard InChI is InChI=1S/C13H20ClN3/c1-16-7-4-12(5-8-16)17(2)10-11-3-6-15-13(14)9-11/h3,6,9,12H,4-5,7-8,10H2,1-2H3. The van der Waals surface area contributed by atoms with E-state index >= 15 is 0 Å². The molecule has 2 heterocycles. The molecule has 94 valence electrons. The molecule has 1 saturated heterocycles. The molecule has 1 fully saturated rings. The topological polar surface area (TPSA) is 19.4 Å². The van der Waals surface area contributed by atoms with Gasteiger partial charge in [-0.25, -0.2) is 4.98 Å². The molecule has 1 aromatic rings. The summed E-state index contributed by atoms with van der Waals surface area (Å²) in [5.41, 5.74) is 1.24. The van der Waals surface area contributed by atoms with Gasteiger partial charge in [0.2, 0.25) is 0 Å². The maximum atomic E-state index is 5.90. The Bertz CT molecular complexity index is 361. The highest BCUT2D eigenvalue weighted by atomic mass is 35.5. The summed E-state index contributed by atoms with van der Waals surface area (Å²) < 4.78 is 0. The Morgan fingerprint density at radius 3 is 2.82 bits per heavy atom. The Hall–Kier alpha value is -0.640. The number of likely N-dealkylation sites (tertiary alicyclic amines) is 1. The highest BCUT2D eigenvalue weighted by Crippen LogP contribution is 2.17. The summed E-state index contributed by atoms with van der Waals surface area (Å²) in [7, 11) is 4.39.